The van der Waals surface area contributed by atoms with Crippen LogP contribution >= 0.6 is 0 Å². The highest BCUT2D eigenvalue weighted by Crippen LogP contribution is 2.18. The fourth-order valence-corrected chi connectivity index (χ4v) is 3.21. The van der Waals surface area contributed by atoms with E-state index in [0.29, 0.717) is 5.82 Å². The van der Waals surface area contributed by atoms with E-state index in [1.807, 2.05) is 42.5 Å². The molecule has 0 fully saturated rings. The first kappa shape index (κ1) is 13.8. The molecule has 0 aliphatic carbocycles. The Kier molecular flexibility index (Phi) is 3.48. The number of nitrogens with zero attached hydrogens (tertiary/aromatic N) is 1. The number of rotatable bonds is 4. The van der Waals surface area contributed by atoms with Crippen LogP contribution in [-0.4, -0.2) is 18.4 Å². The van der Waals surface area contributed by atoms with E-state index in [1.165, 1.54) is 6.20 Å². The number of sulfonamides is 1. The van der Waals surface area contributed by atoms with Gasteiger partial charge in [-0.25, -0.2) is 18.1 Å². The molecule has 0 aliphatic rings. The molecule has 5 nitrogen and oxygen atoms in total. The van der Waals surface area contributed by atoms with Gasteiger partial charge in [0, 0.05) is 6.54 Å². The second kappa shape index (κ2) is 5.31. The van der Waals surface area contributed by atoms with Crippen LogP contribution in [0.25, 0.3) is 10.8 Å². The lowest BCUT2D eigenvalue weighted by atomic mass is 10.1. The van der Waals surface area contributed by atoms with Crippen LogP contribution in [0, 0.1) is 6.92 Å². The van der Waals surface area contributed by atoms with Crippen LogP contribution in [0.3, 0.4) is 0 Å². The average molecular weight is 301 g/mol. The molecule has 0 radical (unpaired) electrons. The Morgan fingerprint density at radius 2 is 1.90 bits per heavy atom. The van der Waals surface area contributed by atoms with Crippen molar-refractivity contribution >= 4 is 20.8 Å². The lowest BCUT2D eigenvalue weighted by molar-refractivity contribution is 0.578. The smallest absolute Gasteiger partial charge is 0.257 e. The lowest BCUT2D eigenvalue weighted by Crippen LogP contribution is -2.23. The Bertz CT molecular complexity index is 879. The number of H-pyrrole nitrogens is 1. The summed E-state index contributed by atoms with van der Waals surface area (Å²) in [4.78, 5) is 6.64. The van der Waals surface area contributed by atoms with E-state index < -0.39 is 10.0 Å². The van der Waals surface area contributed by atoms with Crippen molar-refractivity contribution < 1.29 is 8.42 Å². The van der Waals surface area contributed by atoms with E-state index in [4.69, 9.17) is 0 Å². The zero-order valence-corrected chi connectivity index (χ0v) is 12.3. The molecule has 3 aromatic rings. The average Bonchev–Trinajstić information content (AvgIpc) is 2.93. The van der Waals surface area contributed by atoms with Crippen molar-refractivity contribution in [3.8, 4) is 0 Å². The molecule has 0 saturated carbocycles. The summed E-state index contributed by atoms with van der Waals surface area (Å²) in [6.45, 7) is 1.95. The van der Waals surface area contributed by atoms with E-state index in [1.54, 1.807) is 6.92 Å². The van der Waals surface area contributed by atoms with Crippen molar-refractivity contribution in [2.24, 2.45) is 0 Å². The van der Waals surface area contributed by atoms with Gasteiger partial charge in [0.15, 0.2) is 5.03 Å². The zero-order valence-electron chi connectivity index (χ0n) is 11.5. The minimum atomic E-state index is -3.57. The van der Waals surface area contributed by atoms with Gasteiger partial charge in [0.25, 0.3) is 10.0 Å². The van der Waals surface area contributed by atoms with Gasteiger partial charge in [0.2, 0.25) is 0 Å². The minimum absolute atomic E-state index is 0.0836. The van der Waals surface area contributed by atoms with Gasteiger partial charge in [-0.1, -0.05) is 42.5 Å². The van der Waals surface area contributed by atoms with Crippen LogP contribution in [0.4, 0.5) is 0 Å². The predicted octanol–water partition coefficient (Wildman–Crippen LogP) is 2.35. The highest BCUT2D eigenvalue weighted by Gasteiger charge is 2.16. The monoisotopic (exact) mass is 301 g/mol. The van der Waals surface area contributed by atoms with Crippen LogP contribution in [0.1, 0.15) is 11.4 Å². The van der Waals surface area contributed by atoms with Crippen LogP contribution < -0.4 is 4.72 Å². The van der Waals surface area contributed by atoms with Gasteiger partial charge in [-0.15, -0.1) is 0 Å². The fraction of sp³-hybridized carbons (Fsp3) is 0.133. The van der Waals surface area contributed by atoms with E-state index in [2.05, 4.69) is 14.7 Å². The summed E-state index contributed by atoms with van der Waals surface area (Å²) >= 11 is 0. The standard InChI is InChI=1S/C15H15N3O2S/c1-11-16-10-15(18-11)21(19,20)17-9-13-7-4-6-12-5-2-3-8-14(12)13/h2-8,10,17H,9H2,1H3,(H,16,18). The molecule has 3 rings (SSSR count). The number of aromatic amines is 1. The number of fused-ring (bicyclic) bond motifs is 1. The van der Waals surface area contributed by atoms with Crippen LogP contribution in [0.5, 0.6) is 0 Å². The molecule has 0 amide bonds. The third-order valence-electron chi connectivity index (χ3n) is 3.30. The Balaban J connectivity index is 1.87. The minimum Gasteiger partial charge on any atom is -0.332 e. The number of imidazole rings is 1. The van der Waals surface area contributed by atoms with Crippen molar-refractivity contribution in [1.82, 2.24) is 14.7 Å². The molecule has 0 saturated heterocycles. The molecular weight excluding hydrogens is 286 g/mol. The molecule has 0 atom stereocenters. The summed E-state index contributed by atoms with van der Waals surface area (Å²) < 4.78 is 26.9. The maximum atomic E-state index is 12.2. The summed E-state index contributed by atoms with van der Waals surface area (Å²) in [6.07, 6.45) is 1.32. The van der Waals surface area contributed by atoms with Gasteiger partial charge >= 0.3 is 0 Å². The molecule has 1 aromatic heterocycles. The first-order chi connectivity index (χ1) is 10.1. The molecule has 6 heteroatoms. The first-order valence-corrected chi connectivity index (χ1v) is 8.02. The lowest BCUT2D eigenvalue weighted by Gasteiger charge is -2.08. The highest BCUT2D eigenvalue weighted by atomic mass is 32.2. The number of aryl methyl sites for hydroxylation is 1. The molecule has 0 unspecified atom stereocenters. The molecule has 0 aliphatic heterocycles. The van der Waals surface area contributed by atoms with Crippen molar-refractivity contribution in [1.29, 1.82) is 0 Å². The maximum Gasteiger partial charge on any atom is 0.257 e. The Hall–Kier alpha value is -2.18. The molecule has 21 heavy (non-hydrogen) atoms. The molecule has 2 aromatic carbocycles. The molecule has 0 bridgehead atoms. The molecule has 1 heterocycles. The predicted molar refractivity (Wildman–Crippen MR) is 81.3 cm³/mol. The third-order valence-corrected chi connectivity index (χ3v) is 4.61. The first-order valence-electron chi connectivity index (χ1n) is 6.54. The number of aromatic nitrogens is 2. The summed E-state index contributed by atoms with van der Waals surface area (Å²) in [6, 6.07) is 13.7. The molecule has 108 valence electrons. The second-order valence-electron chi connectivity index (χ2n) is 4.80. The quantitative estimate of drug-likeness (QED) is 0.776. The summed E-state index contributed by atoms with van der Waals surface area (Å²) in [5.41, 5.74) is 0.938. The van der Waals surface area contributed by atoms with Crippen LogP contribution in [0.15, 0.2) is 53.7 Å². The van der Waals surface area contributed by atoms with Gasteiger partial charge in [0.05, 0.1) is 6.20 Å². The van der Waals surface area contributed by atoms with Gasteiger partial charge in [-0.3, -0.25) is 0 Å². The summed E-state index contributed by atoms with van der Waals surface area (Å²) in [5, 5.41) is 2.22. The van der Waals surface area contributed by atoms with E-state index >= 15 is 0 Å². The third kappa shape index (κ3) is 2.81. The van der Waals surface area contributed by atoms with Gasteiger partial charge in [-0.2, -0.15) is 0 Å². The SMILES string of the molecule is Cc1ncc(S(=O)(=O)NCc2cccc3ccccc23)[nH]1. The van der Waals surface area contributed by atoms with E-state index in [0.717, 1.165) is 16.3 Å². The normalized spacial score (nSPS) is 11.9. The Labute approximate surface area is 123 Å². The number of benzene rings is 2. The number of nitrogens with one attached hydrogen (secondary N) is 2. The van der Waals surface area contributed by atoms with Crippen molar-refractivity contribution in [2.45, 2.75) is 18.5 Å². The maximum absolute atomic E-state index is 12.2. The fourth-order valence-electron chi connectivity index (χ4n) is 2.23. The summed E-state index contributed by atoms with van der Waals surface area (Å²) in [5.74, 6) is 0.570. The van der Waals surface area contributed by atoms with Gasteiger partial charge < -0.3 is 4.98 Å². The summed E-state index contributed by atoms with van der Waals surface area (Å²) in [7, 11) is -3.57. The zero-order chi connectivity index (χ0) is 14.9. The Morgan fingerprint density at radius 1 is 1.14 bits per heavy atom. The van der Waals surface area contributed by atoms with Gasteiger partial charge in [-0.05, 0) is 23.3 Å². The van der Waals surface area contributed by atoms with Crippen molar-refractivity contribution in [3.05, 3.63) is 60.0 Å². The largest absolute Gasteiger partial charge is 0.332 e. The van der Waals surface area contributed by atoms with Crippen molar-refractivity contribution in [2.75, 3.05) is 0 Å². The molecule has 2 N–H and O–H groups in total. The molecular formula is C15H15N3O2S. The molecule has 0 spiro atoms. The van der Waals surface area contributed by atoms with E-state index in [9.17, 15) is 8.42 Å². The van der Waals surface area contributed by atoms with E-state index in [-0.39, 0.29) is 11.6 Å². The number of hydrogen-bond acceptors (Lipinski definition) is 3. The van der Waals surface area contributed by atoms with Crippen LogP contribution in [-0.2, 0) is 16.6 Å². The van der Waals surface area contributed by atoms with Crippen molar-refractivity contribution in [3.63, 3.8) is 0 Å². The Morgan fingerprint density at radius 3 is 2.67 bits per heavy atom. The van der Waals surface area contributed by atoms with Crippen LogP contribution in [0.2, 0.25) is 0 Å². The number of hydrogen-bond donors (Lipinski definition) is 2. The van der Waals surface area contributed by atoms with Gasteiger partial charge in [0.1, 0.15) is 5.82 Å². The topological polar surface area (TPSA) is 74.8 Å². The second-order valence-corrected chi connectivity index (χ2v) is 6.53. The highest BCUT2D eigenvalue weighted by molar-refractivity contribution is 7.89.